The number of rotatable bonds is 5. The highest BCUT2D eigenvalue weighted by Gasteiger charge is 2.42. The Morgan fingerprint density at radius 2 is 2.18 bits per heavy atom. The van der Waals surface area contributed by atoms with Gasteiger partial charge in [0.15, 0.2) is 0 Å². The lowest BCUT2D eigenvalue weighted by Gasteiger charge is -2.42. The fourth-order valence-corrected chi connectivity index (χ4v) is 2.19. The molecule has 0 radical (unpaired) electrons. The Kier molecular flexibility index (Phi) is 4.42. The molecule has 94 valence electrons. The van der Waals surface area contributed by atoms with E-state index in [0.717, 1.165) is 25.7 Å². The Morgan fingerprint density at radius 1 is 1.47 bits per heavy atom. The van der Waals surface area contributed by atoms with Gasteiger partial charge in [-0.15, -0.1) is 12.3 Å². The second kappa shape index (κ2) is 5.42. The van der Waals surface area contributed by atoms with E-state index in [2.05, 4.69) is 5.92 Å². The van der Waals surface area contributed by atoms with Gasteiger partial charge in [-0.3, -0.25) is 0 Å². The summed E-state index contributed by atoms with van der Waals surface area (Å²) in [5, 5.41) is 20.1. The average molecular weight is 234 g/mol. The fraction of sp³-hybridized carbons (Fsp3) is 0.600. The quantitative estimate of drug-likeness (QED) is 0.566. The van der Waals surface area contributed by atoms with Gasteiger partial charge < -0.3 is 10.2 Å². The predicted molar refractivity (Wildman–Crippen MR) is 70.5 cm³/mol. The number of allylic oxidation sites excluding steroid dienone is 2. The molecule has 0 aromatic heterocycles. The van der Waals surface area contributed by atoms with E-state index in [1.54, 1.807) is 18.2 Å². The van der Waals surface area contributed by atoms with E-state index in [9.17, 15) is 10.2 Å². The van der Waals surface area contributed by atoms with Gasteiger partial charge in [-0.2, -0.15) is 0 Å². The van der Waals surface area contributed by atoms with E-state index in [1.165, 1.54) is 0 Å². The highest BCUT2D eigenvalue weighted by Crippen LogP contribution is 2.42. The normalized spacial score (nSPS) is 24.2. The van der Waals surface area contributed by atoms with Crippen molar-refractivity contribution in [3.8, 4) is 12.3 Å². The van der Waals surface area contributed by atoms with Crippen molar-refractivity contribution in [1.82, 2.24) is 0 Å². The molecule has 2 N–H and O–H groups in total. The lowest BCUT2D eigenvalue weighted by molar-refractivity contribution is -0.0377. The lowest BCUT2D eigenvalue weighted by Crippen LogP contribution is -2.44. The van der Waals surface area contributed by atoms with Crippen molar-refractivity contribution >= 4 is 0 Å². The predicted octanol–water partition coefficient (Wildman–Crippen LogP) is 3.34. The summed E-state index contributed by atoms with van der Waals surface area (Å²) in [6.07, 6.45) is 14.3. The van der Waals surface area contributed by atoms with Gasteiger partial charge >= 0.3 is 0 Å². The molecule has 17 heavy (non-hydrogen) atoms. The number of aliphatic hydroxyl groups excluding tert-OH is 1. The van der Waals surface area contributed by atoms with E-state index < -0.39 is 5.60 Å². The van der Waals surface area contributed by atoms with Gasteiger partial charge in [0.1, 0.15) is 0 Å². The second-order valence-corrected chi connectivity index (χ2v) is 5.41. The van der Waals surface area contributed by atoms with Crippen molar-refractivity contribution in [2.24, 2.45) is 5.41 Å². The average Bonchev–Trinajstić information content (AvgIpc) is 2.24. The van der Waals surface area contributed by atoms with Crippen LogP contribution in [0, 0.1) is 17.8 Å². The third-order valence-electron chi connectivity index (χ3n) is 3.66. The van der Waals surface area contributed by atoms with Crippen molar-refractivity contribution in [2.75, 3.05) is 0 Å². The molecular weight excluding hydrogens is 212 g/mol. The minimum atomic E-state index is -0.956. The standard InChI is InChI=1S/C15H22O2/c1-4-5-6-7-10-14(2,3)15(17)11-8-9-13(16)12-15/h1,8-9,11,16-17H,5-7,10,12H2,2-3H3. The molecule has 0 saturated heterocycles. The maximum absolute atomic E-state index is 10.6. The Labute approximate surface area is 104 Å². The molecule has 0 aliphatic heterocycles. The molecule has 2 nitrogen and oxygen atoms in total. The van der Waals surface area contributed by atoms with Gasteiger partial charge in [-0.1, -0.05) is 32.4 Å². The monoisotopic (exact) mass is 234 g/mol. The van der Waals surface area contributed by atoms with Crippen LogP contribution in [0.5, 0.6) is 0 Å². The Morgan fingerprint density at radius 3 is 2.76 bits per heavy atom. The van der Waals surface area contributed by atoms with Gasteiger partial charge in [0.2, 0.25) is 0 Å². The van der Waals surface area contributed by atoms with Crippen molar-refractivity contribution in [3.05, 3.63) is 24.0 Å². The highest BCUT2D eigenvalue weighted by molar-refractivity contribution is 5.24. The van der Waals surface area contributed by atoms with E-state index in [-0.39, 0.29) is 11.2 Å². The first-order valence-electron chi connectivity index (χ1n) is 6.14. The van der Waals surface area contributed by atoms with Crippen LogP contribution in [0.3, 0.4) is 0 Å². The molecular formula is C15H22O2. The molecule has 0 aromatic rings. The number of hydrogen-bond acceptors (Lipinski definition) is 2. The van der Waals surface area contributed by atoms with Gasteiger partial charge in [0, 0.05) is 12.8 Å². The molecule has 0 saturated carbocycles. The third kappa shape index (κ3) is 3.38. The summed E-state index contributed by atoms with van der Waals surface area (Å²) >= 11 is 0. The van der Waals surface area contributed by atoms with E-state index in [0.29, 0.717) is 6.42 Å². The molecule has 0 amide bonds. The smallest absolute Gasteiger partial charge is 0.0954 e. The SMILES string of the molecule is C#CCCCCC(C)(C)C1(O)C=CC=C(O)C1. The van der Waals surface area contributed by atoms with Crippen LogP contribution in [0.1, 0.15) is 46.0 Å². The van der Waals surface area contributed by atoms with E-state index >= 15 is 0 Å². The van der Waals surface area contributed by atoms with E-state index in [1.807, 2.05) is 13.8 Å². The molecule has 1 aliphatic rings. The largest absolute Gasteiger partial charge is 0.512 e. The lowest BCUT2D eigenvalue weighted by atomic mass is 9.68. The maximum Gasteiger partial charge on any atom is 0.0954 e. The summed E-state index contributed by atoms with van der Waals surface area (Å²) in [5.41, 5.74) is -1.22. The first kappa shape index (κ1) is 13.9. The molecule has 1 atom stereocenters. The van der Waals surface area contributed by atoms with Crippen molar-refractivity contribution < 1.29 is 10.2 Å². The first-order valence-corrected chi connectivity index (χ1v) is 6.14. The molecule has 0 bridgehead atoms. The fourth-order valence-electron chi connectivity index (χ4n) is 2.19. The van der Waals surface area contributed by atoms with Crippen molar-refractivity contribution in [2.45, 2.75) is 51.6 Å². The molecule has 0 aromatic carbocycles. The van der Waals surface area contributed by atoms with Gasteiger partial charge in [-0.05, 0) is 24.3 Å². The summed E-state index contributed by atoms with van der Waals surface area (Å²) in [4.78, 5) is 0. The number of hydrogen-bond donors (Lipinski definition) is 2. The Bertz CT molecular complexity index is 358. The Hall–Kier alpha value is -1.20. The minimum Gasteiger partial charge on any atom is -0.512 e. The van der Waals surface area contributed by atoms with Crippen LogP contribution in [0.25, 0.3) is 0 Å². The van der Waals surface area contributed by atoms with E-state index in [4.69, 9.17) is 6.42 Å². The molecule has 0 fully saturated rings. The molecule has 0 spiro atoms. The van der Waals surface area contributed by atoms with Gasteiger partial charge in [0.25, 0.3) is 0 Å². The summed E-state index contributed by atoms with van der Waals surface area (Å²) < 4.78 is 0. The minimum absolute atomic E-state index is 0.242. The van der Waals surface area contributed by atoms with Crippen LogP contribution in [-0.2, 0) is 0 Å². The summed E-state index contributed by atoms with van der Waals surface area (Å²) in [6, 6.07) is 0. The zero-order valence-electron chi connectivity index (χ0n) is 10.7. The van der Waals surface area contributed by atoms with Crippen LogP contribution in [-0.4, -0.2) is 15.8 Å². The summed E-state index contributed by atoms with van der Waals surface area (Å²) in [7, 11) is 0. The molecule has 1 rings (SSSR count). The van der Waals surface area contributed by atoms with Crippen LogP contribution >= 0.6 is 0 Å². The zero-order valence-corrected chi connectivity index (χ0v) is 10.7. The van der Waals surface area contributed by atoms with Crippen molar-refractivity contribution in [1.29, 1.82) is 0 Å². The second-order valence-electron chi connectivity index (χ2n) is 5.41. The summed E-state index contributed by atoms with van der Waals surface area (Å²) in [5.74, 6) is 2.87. The maximum atomic E-state index is 10.6. The molecule has 1 unspecified atom stereocenters. The van der Waals surface area contributed by atoms with Crippen molar-refractivity contribution in [3.63, 3.8) is 0 Å². The first-order chi connectivity index (χ1) is 7.91. The number of terminal acetylenes is 1. The number of aliphatic hydroxyl groups is 2. The summed E-state index contributed by atoms with van der Waals surface area (Å²) in [6.45, 7) is 4.07. The molecule has 1 aliphatic carbocycles. The molecule has 2 heteroatoms. The van der Waals surface area contributed by atoms with Gasteiger partial charge in [-0.25, -0.2) is 0 Å². The number of unbranched alkanes of at least 4 members (excludes halogenated alkanes) is 2. The Balaban J connectivity index is 2.60. The van der Waals surface area contributed by atoms with Gasteiger partial charge in [0.05, 0.1) is 11.4 Å². The van der Waals surface area contributed by atoms with Crippen LogP contribution in [0.2, 0.25) is 0 Å². The third-order valence-corrected chi connectivity index (χ3v) is 3.66. The zero-order chi connectivity index (χ0) is 12.9. The highest BCUT2D eigenvalue weighted by atomic mass is 16.3. The van der Waals surface area contributed by atoms with Crippen LogP contribution in [0.4, 0.5) is 0 Å². The molecule has 0 heterocycles. The topological polar surface area (TPSA) is 40.5 Å². The van der Waals surface area contributed by atoms with Crippen LogP contribution < -0.4 is 0 Å². The van der Waals surface area contributed by atoms with Crippen LogP contribution in [0.15, 0.2) is 24.0 Å².